The maximum absolute atomic E-state index is 14.8. The van der Waals surface area contributed by atoms with E-state index in [0.717, 1.165) is 10.2 Å². The maximum Gasteiger partial charge on any atom is 0.411 e. The number of primary amides is 2. The normalized spacial score (nSPS) is 31.9. The number of carboxylic acid groups (broad SMARTS) is 2. The Morgan fingerprint density at radius 2 is 0.967 bits per heavy atom. The number of likely N-dealkylation sites (tertiary alicyclic amines) is 2. The first-order chi connectivity index (χ1) is 28.5. The number of imide groups is 2. The molecular weight excluding hydrogens is 834 g/mol. The number of nitrogens with zero attached hydrogens (tertiary/aromatic N) is 3. The molecule has 3 aliphatic heterocycles. The number of nitrogens with two attached hydrogens (primary N) is 2. The van der Waals surface area contributed by atoms with Crippen LogP contribution in [0.25, 0.3) is 0 Å². The highest BCUT2D eigenvalue weighted by molar-refractivity contribution is 9.10. The Labute approximate surface area is 355 Å². The molecule has 60 heavy (non-hydrogen) atoms. The molecule has 0 saturated carbocycles. The number of carbonyl (C=O) groups excluding carboxylic acids is 4. The first-order valence-electron chi connectivity index (χ1n) is 20.5. The summed E-state index contributed by atoms with van der Waals surface area (Å²) in [6, 6.07) is 21.6. The standard InChI is InChI=1S/C44H50BrN7O8/c1-41(23-35(46)53)25-7-11-27(12-8-25)43(41,37(55)48-39(57)58)50-21-3-5-31(50)33-19-20-34(52(33)30-17-15-29(45)16-18-30)32-6-4-22-51(32)44(38(56)49-40(59)60)28-13-9-26(10-14-28)42(44,2)24-36(47)54/h7-18,31-34H,3-6,19-24H2,1-2H3,(H2,46,53)(H2,47,54)(H,48,55)(H,49,56)(H,57,58)(H,59,60)/t31?,32?,33?,34?,41?,42?,43-,44-/m1/s1. The van der Waals surface area contributed by atoms with Gasteiger partial charge in [-0.15, -0.1) is 0 Å². The molecule has 3 aromatic carbocycles. The second kappa shape index (κ2) is 15.0. The minimum atomic E-state index is -1.60. The molecule has 316 valence electrons. The van der Waals surface area contributed by atoms with Crippen LogP contribution in [0.5, 0.6) is 0 Å². The molecule has 6 amide bonds. The van der Waals surface area contributed by atoms with Crippen molar-refractivity contribution in [3.63, 3.8) is 0 Å². The molecule has 0 radical (unpaired) electrons. The summed E-state index contributed by atoms with van der Waals surface area (Å²) in [6.07, 6.45) is 0.620. The Hall–Kier alpha value is -5.32. The highest BCUT2D eigenvalue weighted by atomic mass is 79.9. The molecule has 10 rings (SSSR count). The highest BCUT2D eigenvalue weighted by Crippen LogP contribution is 2.58. The number of benzene rings is 3. The average molecular weight is 885 g/mol. The molecule has 6 unspecified atom stereocenters. The van der Waals surface area contributed by atoms with Gasteiger partial charge in [0.05, 0.1) is 0 Å². The van der Waals surface area contributed by atoms with Gasteiger partial charge in [-0.05, 0) is 98.1 Å². The SMILES string of the molecule is CC1(CC(N)=O)c2ccc(cc2)[C@]1(C(=O)NC(=O)O)N1CCCC1C1CCC(C2CCCN2[C@@]2(C(=O)NC(=O)O)c3ccc(cc3)C2(C)CC(N)=O)N1c1ccc(Br)cc1. The molecule has 8 atom stereocenters. The molecule has 16 heteroatoms. The van der Waals surface area contributed by atoms with Crippen LogP contribution in [-0.4, -0.2) is 93.1 Å². The summed E-state index contributed by atoms with van der Waals surface area (Å²) < 4.78 is 0.872. The number of hydrogen-bond acceptors (Lipinski definition) is 9. The zero-order valence-corrected chi connectivity index (χ0v) is 35.1. The van der Waals surface area contributed by atoms with Crippen LogP contribution >= 0.6 is 15.9 Å². The summed E-state index contributed by atoms with van der Waals surface area (Å²) in [7, 11) is 0. The van der Waals surface area contributed by atoms with Crippen molar-refractivity contribution < 1.29 is 39.0 Å². The van der Waals surface area contributed by atoms with E-state index in [-0.39, 0.29) is 37.0 Å². The second-order valence-electron chi connectivity index (χ2n) is 17.4. The van der Waals surface area contributed by atoms with Gasteiger partial charge < -0.3 is 26.6 Å². The summed E-state index contributed by atoms with van der Waals surface area (Å²) in [5.74, 6) is -2.74. The van der Waals surface area contributed by atoms with Gasteiger partial charge in [-0.25, -0.2) is 9.59 Å². The van der Waals surface area contributed by atoms with Crippen molar-refractivity contribution in [1.82, 2.24) is 20.4 Å². The van der Waals surface area contributed by atoms with Gasteiger partial charge in [0.1, 0.15) is 11.1 Å². The summed E-state index contributed by atoms with van der Waals surface area (Å²) >= 11 is 3.60. The van der Waals surface area contributed by atoms with Gasteiger partial charge >= 0.3 is 12.2 Å². The molecule has 15 nitrogen and oxygen atoms in total. The van der Waals surface area contributed by atoms with E-state index >= 15 is 0 Å². The average Bonchev–Trinajstić information content (AvgIpc) is 3.95. The van der Waals surface area contributed by atoms with E-state index in [2.05, 4.69) is 41.3 Å². The van der Waals surface area contributed by atoms with Gasteiger partial charge in [-0.3, -0.25) is 39.6 Å². The van der Waals surface area contributed by atoms with Gasteiger partial charge in [0.25, 0.3) is 11.8 Å². The van der Waals surface area contributed by atoms with E-state index in [0.29, 0.717) is 73.9 Å². The van der Waals surface area contributed by atoms with Crippen LogP contribution in [0.3, 0.4) is 0 Å². The van der Waals surface area contributed by atoms with E-state index in [1.165, 1.54) is 0 Å². The minimum absolute atomic E-state index is 0.206. The van der Waals surface area contributed by atoms with E-state index in [1.807, 2.05) is 86.6 Å². The molecule has 3 fully saturated rings. The Bertz CT molecular complexity index is 2120. The number of carbonyl (C=O) groups is 6. The molecule has 3 saturated heterocycles. The summed E-state index contributed by atoms with van der Waals surface area (Å²) in [5, 5.41) is 24.4. The molecule has 3 aromatic rings. The third-order valence-electron chi connectivity index (χ3n) is 14.6. The van der Waals surface area contributed by atoms with Crippen LogP contribution < -0.4 is 27.0 Å². The molecule has 3 heterocycles. The molecule has 7 aliphatic rings. The Balaban J connectivity index is 1.27. The summed E-state index contributed by atoms with van der Waals surface area (Å²) in [5.41, 5.74) is 9.65. The summed E-state index contributed by atoms with van der Waals surface area (Å²) in [6.45, 7) is 4.51. The van der Waals surface area contributed by atoms with E-state index < -0.39 is 57.7 Å². The van der Waals surface area contributed by atoms with Gasteiger partial charge in [0.15, 0.2) is 0 Å². The molecule has 0 aromatic heterocycles. The third kappa shape index (κ3) is 5.96. The number of amides is 6. The number of nitrogens with one attached hydrogen (secondary N) is 2. The predicted octanol–water partition coefficient (Wildman–Crippen LogP) is 4.39. The van der Waals surface area contributed by atoms with Gasteiger partial charge in [-0.2, -0.15) is 0 Å². The van der Waals surface area contributed by atoms with Crippen LogP contribution in [0, 0.1) is 0 Å². The van der Waals surface area contributed by atoms with Gasteiger partial charge in [0.2, 0.25) is 11.8 Å². The van der Waals surface area contributed by atoms with E-state index in [9.17, 15) is 39.0 Å². The monoisotopic (exact) mass is 883 g/mol. The van der Waals surface area contributed by atoms with Crippen molar-refractivity contribution >= 4 is 57.4 Å². The van der Waals surface area contributed by atoms with Crippen molar-refractivity contribution in [2.45, 2.75) is 111 Å². The predicted molar refractivity (Wildman–Crippen MR) is 224 cm³/mol. The van der Waals surface area contributed by atoms with Crippen LogP contribution in [0.2, 0.25) is 0 Å². The lowest BCUT2D eigenvalue weighted by atomic mass is 9.56. The lowest BCUT2D eigenvalue weighted by Crippen LogP contribution is -2.72. The van der Waals surface area contributed by atoms with Crippen LogP contribution in [-0.2, 0) is 41.1 Å². The van der Waals surface area contributed by atoms with Crippen molar-refractivity contribution in [2.75, 3.05) is 18.0 Å². The fraction of sp³-hybridized carbons (Fsp3) is 0.455. The van der Waals surface area contributed by atoms with Crippen molar-refractivity contribution in [1.29, 1.82) is 0 Å². The second-order valence-corrected chi connectivity index (χ2v) is 18.4. The lowest BCUT2D eigenvalue weighted by molar-refractivity contribution is -0.144. The number of hydrogen-bond donors (Lipinski definition) is 6. The maximum atomic E-state index is 14.8. The minimum Gasteiger partial charge on any atom is -0.465 e. The Morgan fingerprint density at radius 1 is 0.600 bits per heavy atom. The quantitative estimate of drug-likeness (QED) is 0.158. The zero-order chi connectivity index (χ0) is 42.9. The van der Waals surface area contributed by atoms with Gasteiger partial charge in [-0.1, -0.05) is 78.3 Å². The van der Waals surface area contributed by atoms with Crippen LogP contribution in [0.1, 0.15) is 87.5 Å². The van der Waals surface area contributed by atoms with Crippen molar-refractivity contribution in [3.8, 4) is 0 Å². The number of fused-ring (bicyclic) bond motifs is 6. The Kier molecular flexibility index (Phi) is 10.3. The number of anilines is 1. The smallest absolute Gasteiger partial charge is 0.411 e. The topological polar surface area (TPSA) is 229 Å². The molecule has 8 N–H and O–H groups in total. The molecule has 4 aliphatic carbocycles. The first-order valence-corrected chi connectivity index (χ1v) is 21.2. The van der Waals surface area contributed by atoms with Crippen LogP contribution in [0.4, 0.5) is 15.3 Å². The highest BCUT2D eigenvalue weighted by Gasteiger charge is 2.67. The van der Waals surface area contributed by atoms with Crippen molar-refractivity contribution in [2.24, 2.45) is 11.5 Å². The fourth-order valence-electron chi connectivity index (χ4n) is 12.6. The summed E-state index contributed by atoms with van der Waals surface area (Å²) in [4.78, 5) is 86.6. The zero-order valence-electron chi connectivity index (χ0n) is 33.5. The molecule has 4 bridgehead atoms. The third-order valence-corrected chi connectivity index (χ3v) is 15.1. The largest absolute Gasteiger partial charge is 0.465 e. The number of halogens is 1. The number of rotatable bonds is 11. The van der Waals surface area contributed by atoms with Crippen LogP contribution in [0.15, 0.2) is 77.3 Å². The fourth-order valence-corrected chi connectivity index (χ4v) is 12.8. The molecular formula is C44H50BrN7O8. The van der Waals surface area contributed by atoms with Crippen molar-refractivity contribution in [3.05, 3.63) is 99.5 Å². The Morgan fingerprint density at radius 3 is 1.32 bits per heavy atom. The van der Waals surface area contributed by atoms with Gasteiger partial charge in [0, 0.05) is 58.0 Å². The first kappa shape index (κ1) is 41.4. The molecule has 0 spiro atoms. The lowest BCUT2D eigenvalue weighted by Gasteiger charge is -2.58. The van der Waals surface area contributed by atoms with E-state index in [1.54, 1.807) is 0 Å². The van der Waals surface area contributed by atoms with E-state index in [4.69, 9.17) is 11.5 Å².